The van der Waals surface area contributed by atoms with Gasteiger partial charge in [0.2, 0.25) is 0 Å². The Morgan fingerprint density at radius 3 is 1.70 bits per heavy atom. The average molecular weight is 318 g/mol. The topological polar surface area (TPSA) is 38.7 Å². The number of aliphatic hydroxyl groups is 1. The zero-order chi connectivity index (χ0) is 16.3. The number of rotatable bonds is 10. The third-order valence-corrected chi connectivity index (χ3v) is 3.47. The van der Waals surface area contributed by atoms with Crippen LogP contribution in [0.15, 0.2) is 60.7 Å². The zero-order valence-corrected chi connectivity index (χ0v) is 13.1. The summed E-state index contributed by atoms with van der Waals surface area (Å²) < 4.78 is 24.8. The summed E-state index contributed by atoms with van der Waals surface area (Å²) >= 11 is 0. The van der Waals surface area contributed by atoms with Gasteiger partial charge in [0.05, 0.1) is 19.8 Å². The standard InChI is InChI=1S/C19H23FO3/c20-18(13-21)11-12-19(22-14-16-7-3-1-4-8-16)23-15-17-9-5-2-6-10-17/h1-10,18-19,21H,11-15H2. The quantitative estimate of drug-likeness (QED) is 0.676. The maximum absolute atomic E-state index is 13.3. The van der Waals surface area contributed by atoms with Gasteiger partial charge in [-0.15, -0.1) is 0 Å². The molecule has 0 heterocycles. The molecule has 0 radical (unpaired) electrons. The monoisotopic (exact) mass is 318 g/mol. The van der Waals surface area contributed by atoms with E-state index in [1.165, 1.54) is 0 Å². The lowest BCUT2D eigenvalue weighted by atomic mass is 10.2. The Morgan fingerprint density at radius 1 is 0.783 bits per heavy atom. The molecule has 1 unspecified atom stereocenters. The van der Waals surface area contributed by atoms with Crippen molar-refractivity contribution in [1.82, 2.24) is 0 Å². The van der Waals surface area contributed by atoms with Crippen LogP contribution in [0.25, 0.3) is 0 Å². The van der Waals surface area contributed by atoms with Crippen LogP contribution >= 0.6 is 0 Å². The van der Waals surface area contributed by atoms with Gasteiger partial charge < -0.3 is 14.6 Å². The molecule has 0 aromatic heterocycles. The van der Waals surface area contributed by atoms with Crippen molar-refractivity contribution >= 4 is 0 Å². The summed E-state index contributed by atoms with van der Waals surface area (Å²) in [5, 5.41) is 8.81. The Morgan fingerprint density at radius 2 is 1.26 bits per heavy atom. The van der Waals surface area contributed by atoms with Gasteiger partial charge in [0.25, 0.3) is 0 Å². The highest BCUT2D eigenvalue weighted by molar-refractivity contribution is 5.14. The first kappa shape index (κ1) is 17.6. The number of alkyl halides is 1. The van der Waals surface area contributed by atoms with Gasteiger partial charge in [-0.2, -0.15) is 0 Å². The molecule has 0 spiro atoms. The summed E-state index contributed by atoms with van der Waals surface area (Å²) in [7, 11) is 0. The first-order valence-electron chi connectivity index (χ1n) is 7.84. The molecule has 1 atom stereocenters. The van der Waals surface area contributed by atoms with Crippen LogP contribution in [0.2, 0.25) is 0 Å². The lowest BCUT2D eigenvalue weighted by Gasteiger charge is -2.19. The minimum Gasteiger partial charge on any atom is -0.393 e. The van der Waals surface area contributed by atoms with Gasteiger partial charge >= 0.3 is 0 Å². The fourth-order valence-electron chi connectivity index (χ4n) is 2.15. The second kappa shape index (κ2) is 10.1. The molecule has 2 aromatic carbocycles. The molecule has 4 heteroatoms. The third-order valence-electron chi connectivity index (χ3n) is 3.47. The predicted molar refractivity (Wildman–Crippen MR) is 87.5 cm³/mol. The summed E-state index contributed by atoms with van der Waals surface area (Å²) in [4.78, 5) is 0. The van der Waals surface area contributed by atoms with E-state index in [0.717, 1.165) is 11.1 Å². The van der Waals surface area contributed by atoms with Gasteiger partial charge in [-0.25, -0.2) is 4.39 Å². The lowest BCUT2D eigenvalue weighted by molar-refractivity contribution is -0.162. The van der Waals surface area contributed by atoms with Crippen molar-refractivity contribution in [2.75, 3.05) is 6.61 Å². The molecule has 0 amide bonds. The molecule has 0 bridgehead atoms. The number of aliphatic hydroxyl groups excluding tert-OH is 1. The fraction of sp³-hybridized carbons (Fsp3) is 0.368. The molecule has 1 N–H and O–H groups in total. The van der Waals surface area contributed by atoms with E-state index in [4.69, 9.17) is 14.6 Å². The van der Waals surface area contributed by atoms with Crippen molar-refractivity contribution in [1.29, 1.82) is 0 Å². The molecule has 124 valence electrons. The molecule has 0 aliphatic heterocycles. The van der Waals surface area contributed by atoms with Gasteiger partial charge in [0.15, 0.2) is 6.29 Å². The van der Waals surface area contributed by atoms with Crippen LogP contribution in [0.4, 0.5) is 4.39 Å². The SMILES string of the molecule is OCC(F)CCC(OCc1ccccc1)OCc1ccccc1. The molecule has 23 heavy (non-hydrogen) atoms. The highest BCUT2D eigenvalue weighted by Gasteiger charge is 2.14. The predicted octanol–water partition coefficient (Wildman–Crippen LogP) is 3.86. The first-order chi connectivity index (χ1) is 11.3. The normalized spacial score (nSPS) is 12.5. The Kier molecular flexibility index (Phi) is 7.73. The maximum atomic E-state index is 13.3. The van der Waals surface area contributed by atoms with E-state index in [0.29, 0.717) is 19.6 Å². The Labute approximate surface area is 136 Å². The van der Waals surface area contributed by atoms with Crippen LogP contribution in [-0.4, -0.2) is 24.2 Å². The van der Waals surface area contributed by atoms with E-state index in [9.17, 15) is 4.39 Å². The zero-order valence-electron chi connectivity index (χ0n) is 13.1. The summed E-state index contributed by atoms with van der Waals surface area (Å²) in [5.74, 6) is 0. The summed E-state index contributed by atoms with van der Waals surface area (Å²) in [6, 6.07) is 19.6. The number of ether oxygens (including phenoxy) is 2. The summed E-state index contributed by atoms with van der Waals surface area (Å²) in [6.45, 7) is 0.358. The van der Waals surface area contributed by atoms with Crippen LogP contribution in [0, 0.1) is 0 Å². The maximum Gasteiger partial charge on any atom is 0.158 e. The Hall–Kier alpha value is -1.75. The second-order valence-electron chi connectivity index (χ2n) is 5.38. The molecule has 3 nitrogen and oxygen atoms in total. The highest BCUT2D eigenvalue weighted by Crippen LogP contribution is 2.14. The summed E-state index contributed by atoms with van der Waals surface area (Å²) in [5.41, 5.74) is 2.08. The van der Waals surface area contributed by atoms with Gasteiger partial charge in [0.1, 0.15) is 6.17 Å². The van der Waals surface area contributed by atoms with Crippen LogP contribution in [0.1, 0.15) is 24.0 Å². The molecule has 0 aliphatic rings. The van der Waals surface area contributed by atoms with Crippen LogP contribution in [0.3, 0.4) is 0 Å². The van der Waals surface area contributed by atoms with Crippen molar-refractivity contribution < 1.29 is 19.0 Å². The molecule has 0 saturated carbocycles. The van der Waals surface area contributed by atoms with E-state index < -0.39 is 19.1 Å². The number of halogens is 1. The minimum absolute atomic E-state index is 0.213. The average Bonchev–Trinajstić information content (AvgIpc) is 2.62. The first-order valence-corrected chi connectivity index (χ1v) is 7.84. The third kappa shape index (κ3) is 6.91. The van der Waals surface area contributed by atoms with E-state index in [2.05, 4.69) is 0 Å². The van der Waals surface area contributed by atoms with Crippen molar-refractivity contribution in [3.05, 3.63) is 71.8 Å². The number of benzene rings is 2. The molecular weight excluding hydrogens is 295 g/mol. The Balaban J connectivity index is 1.85. The second-order valence-corrected chi connectivity index (χ2v) is 5.38. The van der Waals surface area contributed by atoms with E-state index in [-0.39, 0.29) is 6.42 Å². The van der Waals surface area contributed by atoms with E-state index in [1.54, 1.807) is 0 Å². The van der Waals surface area contributed by atoms with Crippen molar-refractivity contribution in [2.45, 2.75) is 38.5 Å². The van der Waals surface area contributed by atoms with Crippen molar-refractivity contribution in [3.63, 3.8) is 0 Å². The summed E-state index contributed by atoms with van der Waals surface area (Å²) in [6.07, 6.45) is -1.12. The van der Waals surface area contributed by atoms with Gasteiger partial charge in [-0.3, -0.25) is 0 Å². The fourth-order valence-corrected chi connectivity index (χ4v) is 2.15. The van der Waals surface area contributed by atoms with Gasteiger partial charge in [0, 0.05) is 6.42 Å². The molecule has 0 aliphatic carbocycles. The van der Waals surface area contributed by atoms with Gasteiger partial charge in [-0.05, 0) is 17.5 Å². The minimum atomic E-state index is -1.24. The van der Waals surface area contributed by atoms with Gasteiger partial charge in [-0.1, -0.05) is 60.7 Å². The lowest BCUT2D eigenvalue weighted by Crippen LogP contribution is -2.20. The van der Waals surface area contributed by atoms with Crippen molar-refractivity contribution in [2.24, 2.45) is 0 Å². The van der Waals surface area contributed by atoms with Crippen LogP contribution < -0.4 is 0 Å². The highest BCUT2D eigenvalue weighted by atomic mass is 19.1. The number of hydrogen-bond acceptors (Lipinski definition) is 3. The Bertz CT molecular complexity index is 489. The van der Waals surface area contributed by atoms with Crippen molar-refractivity contribution in [3.8, 4) is 0 Å². The van der Waals surface area contributed by atoms with Crippen LogP contribution in [-0.2, 0) is 22.7 Å². The van der Waals surface area contributed by atoms with E-state index >= 15 is 0 Å². The largest absolute Gasteiger partial charge is 0.393 e. The molecular formula is C19H23FO3. The number of hydrogen-bond donors (Lipinski definition) is 1. The molecule has 0 saturated heterocycles. The van der Waals surface area contributed by atoms with E-state index in [1.807, 2.05) is 60.7 Å². The van der Waals surface area contributed by atoms with Crippen LogP contribution in [0.5, 0.6) is 0 Å². The molecule has 2 aromatic rings. The molecule has 2 rings (SSSR count). The smallest absolute Gasteiger partial charge is 0.158 e. The molecule has 0 fully saturated rings.